The lowest BCUT2D eigenvalue weighted by molar-refractivity contribution is 0.211. The van der Waals surface area contributed by atoms with Crippen molar-refractivity contribution in [2.75, 3.05) is 7.11 Å². The predicted octanol–water partition coefficient (Wildman–Crippen LogP) is 5.78. The molecule has 3 aliphatic rings. The second-order valence-corrected chi connectivity index (χ2v) is 8.40. The fourth-order valence-corrected chi connectivity index (χ4v) is 4.13. The van der Waals surface area contributed by atoms with Gasteiger partial charge in [-0.05, 0) is 73.7 Å². The number of nitrogens with zero attached hydrogens (tertiary/aromatic N) is 4. The van der Waals surface area contributed by atoms with Crippen molar-refractivity contribution in [3.05, 3.63) is 88.8 Å². The molecule has 6 nitrogen and oxygen atoms in total. The molecule has 0 radical (unpaired) electrons. The van der Waals surface area contributed by atoms with Crippen molar-refractivity contribution in [1.29, 1.82) is 0 Å². The van der Waals surface area contributed by atoms with Gasteiger partial charge in [-0.15, -0.1) is 0 Å². The lowest BCUT2D eigenvalue weighted by Crippen LogP contribution is -2.12. The van der Waals surface area contributed by atoms with Crippen molar-refractivity contribution in [2.45, 2.75) is 38.1 Å². The van der Waals surface area contributed by atoms with Crippen LogP contribution in [0, 0.1) is 11.6 Å². The molecule has 178 valence electrons. The van der Waals surface area contributed by atoms with E-state index in [1.165, 1.54) is 12.1 Å². The van der Waals surface area contributed by atoms with E-state index in [9.17, 15) is 8.78 Å². The van der Waals surface area contributed by atoms with Gasteiger partial charge in [0.1, 0.15) is 17.2 Å². The average Bonchev–Trinajstić information content (AvgIpc) is 3.10. The summed E-state index contributed by atoms with van der Waals surface area (Å²) in [6, 6.07) is 11.7. The number of oxime groups is 1. The van der Waals surface area contributed by atoms with E-state index in [2.05, 4.69) is 21.2 Å². The minimum absolute atomic E-state index is 0.0190. The highest BCUT2D eigenvalue weighted by atomic mass is 19.2. The van der Waals surface area contributed by atoms with Gasteiger partial charge in [-0.1, -0.05) is 17.3 Å². The Kier molecular flexibility index (Phi) is 6.61. The summed E-state index contributed by atoms with van der Waals surface area (Å²) in [5.41, 5.74) is 3.11. The molecule has 1 atom stereocenters. The summed E-state index contributed by atoms with van der Waals surface area (Å²) in [5, 5.41) is 4.39. The molecule has 0 aromatic heterocycles. The first-order valence-corrected chi connectivity index (χ1v) is 11.5. The maximum absolute atomic E-state index is 14.2. The quantitative estimate of drug-likeness (QED) is 0.551. The molecule has 3 aliphatic heterocycles. The van der Waals surface area contributed by atoms with Gasteiger partial charge in [-0.2, -0.15) is 0 Å². The number of benzene rings is 2. The van der Waals surface area contributed by atoms with E-state index in [1.54, 1.807) is 13.3 Å². The van der Waals surface area contributed by atoms with E-state index in [-0.39, 0.29) is 17.4 Å². The Bertz CT molecular complexity index is 1310. The first-order chi connectivity index (χ1) is 17.1. The fraction of sp³-hybridized carbons (Fsp3) is 0.259. The van der Waals surface area contributed by atoms with E-state index in [4.69, 9.17) is 14.6 Å². The number of ether oxygens (including phenoxy) is 1. The minimum atomic E-state index is -0.952. The highest BCUT2D eigenvalue weighted by Crippen LogP contribution is 2.25. The molecule has 1 unspecified atom stereocenters. The Morgan fingerprint density at radius 1 is 1.03 bits per heavy atom. The van der Waals surface area contributed by atoms with Crippen LogP contribution in [0.3, 0.4) is 0 Å². The molecular weight excluding hydrogens is 450 g/mol. The average molecular weight is 475 g/mol. The summed E-state index contributed by atoms with van der Waals surface area (Å²) in [6.07, 6.45) is 9.42. The van der Waals surface area contributed by atoms with Gasteiger partial charge < -0.3 is 9.57 Å². The highest BCUT2D eigenvalue weighted by Gasteiger charge is 2.23. The largest absolute Gasteiger partial charge is 0.497 e. The number of allylic oxidation sites excluding steroid dienone is 3. The molecule has 0 saturated carbocycles. The second-order valence-electron chi connectivity index (χ2n) is 8.40. The summed E-state index contributed by atoms with van der Waals surface area (Å²) in [6.45, 7) is 0. The normalized spacial score (nSPS) is 19.6. The van der Waals surface area contributed by atoms with Crippen LogP contribution in [-0.4, -0.2) is 36.6 Å². The Balaban J connectivity index is 1.26. The topological polar surface area (TPSA) is 67.9 Å². The molecule has 0 spiro atoms. The van der Waals surface area contributed by atoms with Crippen LogP contribution >= 0.6 is 0 Å². The number of aliphatic imine (C=N–C) groups is 3. The van der Waals surface area contributed by atoms with Crippen molar-refractivity contribution in [3.8, 4) is 5.75 Å². The monoisotopic (exact) mass is 474 g/mol. The minimum Gasteiger partial charge on any atom is -0.497 e. The molecule has 0 N–H and O–H groups in total. The molecule has 3 heterocycles. The third-order valence-corrected chi connectivity index (χ3v) is 6.04. The summed E-state index contributed by atoms with van der Waals surface area (Å²) in [5.74, 6) is -0.136. The Morgan fingerprint density at radius 3 is 2.71 bits per heavy atom. The van der Waals surface area contributed by atoms with Crippen LogP contribution in [0.15, 0.2) is 86.2 Å². The second kappa shape index (κ2) is 10.1. The number of amidine groups is 1. The van der Waals surface area contributed by atoms with Gasteiger partial charge >= 0.3 is 0 Å². The fourth-order valence-electron chi connectivity index (χ4n) is 4.13. The molecule has 0 aliphatic carbocycles. The van der Waals surface area contributed by atoms with Crippen LogP contribution in [0.4, 0.5) is 8.78 Å². The number of hydrogen-bond donors (Lipinski definition) is 0. The van der Waals surface area contributed by atoms with Gasteiger partial charge in [-0.25, -0.2) is 18.8 Å². The number of rotatable bonds is 5. The Labute approximate surface area is 202 Å². The lowest BCUT2D eigenvalue weighted by atomic mass is 10.0. The molecular formula is C27H24F2N4O2. The number of methoxy groups -OCH3 is 1. The molecule has 0 bridgehead atoms. The molecule has 0 fully saturated rings. The van der Waals surface area contributed by atoms with Crippen molar-refractivity contribution in [1.82, 2.24) is 0 Å². The predicted molar refractivity (Wildman–Crippen MR) is 132 cm³/mol. The zero-order valence-electron chi connectivity index (χ0n) is 19.2. The Morgan fingerprint density at radius 2 is 1.89 bits per heavy atom. The summed E-state index contributed by atoms with van der Waals surface area (Å²) < 4.78 is 33.1. The molecule has 5 rings (SSSR count). The molecule has 2 aromatic carbocycles. The van der Waals surface area contributed by atoms with Crippen molar-refractivity contribution >= 4 is 23.5 Å². The molecule has 8 heteroatoms. The third-order valence-electron chi connectivity index (χ3n) is 6.04. The smallest absolute Gasteiger partial charge is 0.169 e. The van der Waals surface area contributed by atoms with Crippen molar-refractivity contribution < 1.29 is 18.4 Å². The first kappa shape index (κ1) is 22.8. The van der Waals surface area contributed by atoms with Gasteiger partial charge in [0.05, 0.1) is 30.1 Å². The van der Waals surface area contributed by atoms with E-state index >= 15 is 0 Å². The number of hydrogen-bond acceptors (Lipinski definition) is 6. The van der Waals surface area contributed by atoms with Crippen LogP contribution in [0.1, 0.15) is 43.2 Å². The Hall–Kier alpha value is -3.94. The van der Waals surface area contributed by atoms with Gasteiger partial charge in [0, 0.05) is 12.6 Å². The van der Waals surface area contributed by atoms with Gasteiger partial charge in [-0.3, -0.25) is 4.99 Å². The standard InChI is InChI=1S/C27H24F2N4O2/c1-34-19-13-11-17(12-14-19)23-9-3-6-20(35-33-23)15-18-5-2-10-24-25(16-30-18)32-27(31-24)21-7-4-8-22(28)26(21)29/h4,6-8,10-14,16,18H,2-3,5,9,15H2,1H3. The van der Waals surface area contributed by atoms with Crippen LogP contribution in [0.5, 0.6) is 5.75 Å². The molecule has 0 saturated heterocycles. The maximum Gasteiger partial charge on any atom is 0.169 e. The van der Waals surface area contributed by atoms with E-state index in [0.29, 0.717) is 17.8 Å². The zero-order valence-corrected chi connectivity index (χ0v) is 19.2. The summed E-state index contributed by atoms with van der Waals surface area (Å²) in [4.78, 5) is 19.3. The van der Waals surface area contributed by atoms with Crippen LogP contribution in [0.2, 0.25) is 0 Å². The van der Waals surface area contributed by atoms with Gasteiger partial charge in [0.15, 0.2) is 17.5 Å². The lowest BCUT2D eigenvalue weighted by Gasteiger charge is -2.14. The van der Waals surface area contributed by atoms with E-state index in [1.807, 2.05) is 30.3 Å². The van der Waals surface area contributed by atoms with Crippen molar-refractivity contribution in [2.24, 2.45) is 20.1 Å². The van der Waals surface area contributed by atoms with E-state index in [0.717, 1.165) is 54.5 Å². The summed E-state index contributed by atoms with van der Waals surface area (Å²) in [7, 11) is 1.64. The first-order valence-electron chi connectivity index (χ1n) is 11.5. The zero-order chi connectivity index (χ0) is 24.2. The van der Waals surface area contributed by atoms with Crippen LogP contribution < -0.4 is 4.74 Å². The molecule has 2 aromatic rings. The molecule has 35 heavy (non-hydrogen) atoms. The maximum atomic E-state index is 14.2. The van der Waals surface area contributed by atoms with Crippen LogP contribution in [0.25, 0.3) is 0 Å². The highest BCUT2D eigenvalue weighted by molar-refractivity contribution is 6.43. The van der Waals surface area contributed by atoms with Crippen molar-refractivity contribution in [3.63, 3.8) is 0 Å². The number of fused-ring (bicyclic) bond motifs is 1. The van der Waals surface area contributed by atoms with Crippen LogP contribution in [-0.2, 0) is 4.84 Å². The SMILES string of the molecule is COc1ccc(C2=NOC(CC3CCC=C4N=C(c5cccc(F)c5F)N=C4C=N3)=CCC2)cc1. The molecule has 0 amide bonds. The third kappa shape index (κ3) is 5.11. The van der Waals surface area contributed by atoms with Gasteiger partial charge in [0.2, 0.25) is 0 Å². The number of halogens is 2. The van der Waals surface area contributed by atoms with E-state index < -0.39 is 11.6 Å². The van der Waals surface area contributed by atoms with Gasteiger partial charge in [0.25, 0.3) is 0 Å². The summed E-state index contributed by atoms with van der Waals surface area (Å²) >= 11 is 0.